The van der Waals surface area contributed by atoms with Gasteiger partial charge in [-0.25, -0.2) is 0 Å². The Hall–Kier alpha value is -1.75. The third-order valence-electron chi connectivity index (χ3n) is 5.22. The molecule has 2 saturated heterocycles. The molecule has 1 aromatic carbocycles. The lowest BCUT2D eigenvalue weighted by Crippen LogP contribution is -2.49. The van der Waals surface area contributed by atoms with Crippen LogP contribution in [0.5, 0.6) is 11.5 Å². The first-order valence-electron chi connectivity index (χ1n) is 8.33. The normalized spacial score (nSPS) is 26.0. The standard InChI is InChI=1S/C18H26N2O3/c1-20(15-10-13-4-5-14(11-15)19-13)18(21)9-12-8-16(22-2)6-7-17(12)23-3/h6-8,13-15,19H,4-5,9-11H2,1-3H3. The van der Waals surface area contributed by atoms with Gasteiger partial charge in [0.2, 0.25) is 5.91 Å². The molecule has 2 unspecified atom stereocenters. The maximum Gasteiger partial charge on any atom is 0.227 e. The van der Waals surface area contributed by atoms with Gasteiger partial charge in [-0.3, -0.25) is 4.79 Å². The van der Waals surface area contributed by atoms with E-state index in [2.05, 4.69) is 5.32 Å². The third-order valence-corrected chi connectivity index (χ3v) is 5.22. The van der Waals surface area contributed by atoms with Crippen molar-refractivity contribution in [1.82, 2.24) is 10.2 Å². The van der Waals surface area contributed by atoms with E-state index >= 15 is 0 Å². The molecule has 2 heterocycles. The SMILES string of the molecule is COc1ccc(OC)c(CC(=O)N(C)C2CC3CCC(C2)N3)c1. The van der Waals surface area contributed by atoms with Crippen LogP contribution in [0.15, 0.2) is 18.2 Å². The Kier molecular flexibility index (Phi) is 4.76. The maximum atomic E-state index is 12.7. The molecule has 0 radical (unpaired) electrons. The Morgan fingerprint density at radius 1 is 1.22 bits per heavy atom. The van der Waals surface area contributed by atoms with E-state index in [1.54, 1.807) is 14.2 Å². The first-order valence-corrected chi connectivity index (χ1v) is 8.33. The lowest BCUT2D eigenvalue weighted by molar-refractivity contribution is -0.131. The molecule has 0 spiro atoms. The number of ether oxygens (including phenoxy) is 2. The van der Waals surface area contributed by atoms with Crippen LogP contribution in [-0.2, 0) is 11.2 Å². The van der Waals surface area contributed by atoms with Gasteiger partial charge in [-0.15, -0.1) is 0 Å². The number of nitrogens with one attached hydrogen (secondary N) is 1. The predicted molar refractivity (Wildman–Crippen MR) is 89.0 cm³/mol. The molecule has 0 aliphatic carbocycles. The van der Waals surface area contributed by atoms with Crippen LogP contribution in [0.25, 0.3) is 0 Å². The van der Waals surface area contributed by atoms with Crippen LogP contribution >= 0.6 is 0 Å². The van der Waals surface area contributed by atoms with E-state index in [9.17, 15) is 4.79 Å². The number of likely N-dealkylation sites (N-methyl/N-ethyl adjacent to an activating group) is 1. The second kappa shape index (κ2) is 6.79. The van der Waals surface area contributed by atoms with Crippen LogP contribution in [0, 0.1) is 0 Å². The zero-order chi connectivity index (χ0) is 16.4. The summed E-state index contributed by atoms with van der Waals surface area (Å²) in [7, 11) is 5.19. The van der Waals surface area contributed by atoms with Gasteiger partial charge < -0.3 is 19.7 Å². The van der Waals surface area contributed by atoms with Gasteiger partial charge in [-0.05, 0) is 43.9 Å². The van der Waals surface area contributed by atoms with Gasteiger partial charge in [0.1, 0.15) is 11.5 Å². The molecule has 2 aliphatic heterocycles. The topological polar surface area (TPSA) is 50.8 Å². The molecule has 5 nitrogen and oxygen atoms in total. The van der Waals surface area contributed by atoms with E-state index in [-0.39, 0.29) is 5.91 Å². The molecule has 5 heteroatoms. The summed E-state index contributed by atoms with van der Waals surface area (Å²) in [6, 6.07) is 7.10. The molecule has 1 aromatic rings. The Morgan fingerprint density at radius 2 is 1.91 bits per heavy atom. The lowest BCUT2D eigenvalue weighted by atomic mass is 9.98. The largest absolute Gasteiger partial charge is 0.497 e. The molecule has 1 N–H and O–H groups in total. The number of fused-ring (bicyclic) bond motifs is 2. The summed E-state index contributed by atoms with van der Waals surface area (Å²) < 4.78 is 10.6. The Labute approximate surface area is 137 Å². The van der Waals surface area contributed by atoms with E-state index in [0.29, 0.717) is 24.5 Å². The summed E-state index contributed by atoms with van der Waals surface area (Å²) in [6.45, 7) is 0. The highest BCUT2D eigenvalue weighted by Gasteiger charge is 2.36. The number of rotatable bonds is 5. The van der Waals surface area contributed by atoms with Crippen molar-refractivity contribution in [3.8, 4) is 11.5 Å². The summed E-state index contributed by atoms with van der Waals surface area (Å²) in [5, 5.41) is 3.62. The first-order chi connectivity index (χ1) is 11.1. The highest BCUT2D eigenvalue weighted by atomic mass is 16.5. The van der Waals surface area contributed by atoms with Crippen molar-refractivity contribution in [2.45, 2.75) is 50.2 Å². The van der Waals surface area contributed by atoms with E-state index in [1.807, 2.05) is 30.1 Å². The van der Waals surface area contributed by atoms with Crippen molar-refractivity contribution in [2.24, 2.45) is 0 Å². The van der Waals surface area contributed by atoms with Gasteiger partial charge in [0.25, 0.3) is 0 Å². The number of carbonyl (C=O) groups excluding carboxylic acids is 1. The van der Waals surface area contributed by atoms with E-state index in [4.69, 9.17) is 9.47 Å². The van der Waals surface area contributed by atoms with Gasteiger partial charge in [0, 0.05) is 30.7 Å². The van der Waals surface area contributed by atoms with E-state index in [0.717, 1.165) is 29.9 Å². The molecular weight excluding hydrogens is 292 g/mol. The second-order valence-electron chi connectivity index (χ2n) is 6.62. The van der Waals surface area contributed by atoms with Crippen molar-refractivity contribution < 1.29 is 14.3 Å². The highest BCUT2D eigenvalue weighted by Crippen LogP contribution is 2.30. The zero-order valence-corrected chi connectivity index (χ0v) is 14.2. The molecule has 0 aromatic heterocycles. The maximum absolute atomic E-state index is 12.7. The van der Waals surface area contributed by atoms with Crippen molar-refractivity contribution in [2.75, 3.05) is 21.3 Å². The minimum absolute atomic E-state index is 0.142. The summed E-state index contributed by atoms with van der Waals surface area (Å²) in [5.41, 5.74) is 0.876. The van der Waals surface area contributed by atoms with Crippen LogP contribution in [-0.4, -0.2) is 50.2 Å². The smallest absolute Gasteiger partial charge is 0.227 e. The average Bonchev–Trinajstić information content (AvgIpc) is 2.91. The van der Waals surface area contributed by atoms with Crippen LogP contribution in [0.4, 0.5) is 0 Å². The molecular formula is C18H26N2O3. The van der Waals surface area contributed by atoms with Crippen molar-refractivity contribution >= 4 is 5.91 Å². The van der Waals surface area contributed by atoms with Crippen LogP contribution < -0.4 is 14.8 Å². The Morgan fingerprint density at radius 3 is 2.52 bits per heavy atom. The molecule has 3 rings (SSSR count). The molecule has 2 aliphatic rings. The minimum Gasteiger partial charge on any atom is -0.497 e. The van der Waals surface area contributed by atoms with Crippen LogP contribution in [0.1, 0.15) is 31.2 Å². The molecule has 126 valence electrons. The van der Waals surface area contributed by atoms with Gasteiger partial charge in [0.15, 0.2) is 0 Å². The zero-order valence-electron chi connectivity index (χ0n) is 14.2. The van der Waals surface area contributed by atoms with Gasteiger partial charge in [-0.2, -0.15) is 0 Å². The fourth-order valence-corrected chi connectivity index (χ4v) is 3.85. The van der Waals surface area contributed by atoms with Crippen LogP contribution in [0.2, 0.25) is 0 Å². The second-order valence-corrected chi connectivity index (χ2v) is 6.62. The number of nitrogens with zero attached hydrogens (tertiary/aromatic N) is 1. The number of carbonyl (C=O) groups is 1. The summed E-state index contributed by atoms with van der Waals surface area (Å²) in [4.78, 5) is 14.7. The van der Waals surface area contributed by atoms with Crippen LogP contribution in [0.3, 0.4) is 0 Å². The number of piperidine rings is 1. The lowest BCUT2D eigenvalue weighted by Gasteiger charge is -2.35. The monoisotopic (exact) mass is 318 g/mol. The third kappa shape index (κ3) is 3.44. The molecule has 2 atom stereocenters. The van der Waals surface area contributed by atoms with Crippen molar-refractivity contribution in [3.05, 3.63) is 23.8 Å². The minimum atomic E-state index is 0.142. The summed E-state index contributed by atoms with van der Waals surface area (Å²) >= 11 is 0. The van der Waals surface area contributed by atoms with Gasteiger partial charge in [-0.1, -0.05) is 0 Å². The number of amides is 1. The predicted octanol–water partition coefficient (Wildman–Crippen LogP) is 1.99. The Balaban J connectivity index is 1.68. The highest BCUT2D eigenvalue weighted by molar-refractivity contribution is 5.79. The fraction of sp³-hybridized carbons (Fsp3) is 0.611. The van der Waals surface area contributed by atoms with Crippen molar-refractivity contribution in [3.63, 3.8) is 0 Å². The summed E-state index contributed by atoms with van der Waals surface area (Å²) in [6.07, 6.45) is 4.96. The van der Waals surface area contributed by atoms with Gasteiger partial charge in [0.05, 0.1) is 20.6 Å². The molecule has 0 saturated carbocycles. The Bertz CT molecular complexity index is 563. The van der Waals surface area contributed by atoms with E-state index in [1.165, 1.54) is 12.8 Å². The molecule has 2 fully saturated rings. The number of hydrogen-bond acceptors (Lipinski definition) is 4. The van der Waals surface area contributed by atoms with Gasteiger partial charge >= 0.3 is 0 Å². The van der Waals surface area contributed by atoms with E-state index < -0.39 is 0 Å². The molecule has 1 amide bonds. The first kappa shape index (κ1) is 16.1. The summed E-state index contributed by atoms with van der Waals surface area (Å²) in [5.74, 6) is 1.62. The molecule has 2 bridgehead atoms. The number of benzene rings is 1. The number of hydrogen-bond donors (Lipinski definition) is 1. The number of methoxy groups -OCH3 is 2. The van der Waals surface area contributed by atoms with Crippen molar-refractivity contribution in [1.29, 1.82) is 0 Å². The molecule has 23 heavy (non-hydrogen) atoms. The average molecular weight is 318 g/mol. The fourth-order valence-electron chi connectivity index (χ4n) is 3.85. The quantitative estimate of drug-likeness (QED) is 0.902.